The third-order valence-corrected chi connectivity index (χ3v) is 2.87. The molecule has 21 heavy (non-hydrogen) atoms. The summed E-state index contributed by atoms with van der Waals surface area (Å²) in [5, 5.41) is 22.8. The van der Waals surface area contributed by atoms with Gasteiger partial charge in [0.2, 0.25) is 0 Å². The monoisotopic (exact) mass is 296 g/mol. The van der Waals surface area contributed by atoms with E-state index in [4.69, 9.17) is 9.84 Å². The highest BCUT2D eigenvalue weighted by atomic mass is 16.5. The number of carboxylic acid groups (broad SMARTS) is 1. The number of aliphatic hydroxyl groups is 1. The summed E-state index contributed by atoms with van der Waals surface area (Å²) in [5.74, 6) is -0.551. The van der Waals surface area contributed by atoms with Crippen LogP contribution >= 0.6 is 0 Å². The van der Waals surface area contributed by atoms with Gasteiger partial charge in [0.05, 0.1) is 13.2 Å². The number of urea groups is 1. The van der Waals surface area contributed by atoms with Crippen LogP contribution in [0, 0.1) is 0 Å². The molecule has 0 radical (unpaired) electrons. The minimum atomic E-state index is -1.33. The summed E-state index contributed by atoms with van der Waals surface area (Å²) < 4.78 is 5.09. The van der Waals surface area contributed by atoms with Gasteiger partial charge in [-0.05, 0) is 31.0 Å². The van der Waals surface area contributed by atoms with E-state index in [-0.39, 0.29) is 0 Å². The molecule has 0 aliphatic heterocycles. The van der Waals surface area contributed by atoms with Crippen molar-refractivity contribution in [2.24, 2.45) is 0 Å². The highest BCUT2D eigenvalue weighted by Crippen LogP contribution is 2.12. The molecule has 1 rings (SSSR count). The first-order chi connectivity index (χ1) is 9.93. The molecule has 0 unspecified atom stereocenters. The van der Waals surface area contributed by atoms with Gasteiger partial charge in [0, 0.05) is 6.54 Å². The standard InChI is InChI=1S/C14H20N2O5/c1-9(17)12(13(18)19)16-14(20)15-7-6-10-4-3-5-11(8-10)21-2/h3-5,8-9,12,17H,6-7H2,1-2H3,(H,18,19)(H2,15,16,20)/t9-,12+/m1/s1. The highest BCUT2D eigenvalue weighted by molar-refractivity contribution is 5.82. The van der Waals surface area contributed by atoms with Crippen LogP contribution in [0.4, 0.5) is 4.79 Å². The summed E-state index contributed by atoms with van der Waals surface area (Å²) in [6.45, 7) is 1.64. The first kappa shape index (κ1) is 16.8. The third-order valence-electron chi connectivity index (χ3n) is 2.87. The van der Waals surface area contributed by atoms with E-state index in [1.54, 1.807) is 7.11 Å². The SMILES string of the molecule is COc1cccc(CCNC(=O)N[C@H](C(=O)O)[C@@H](C)O)c1. The zero-order valence-electron chi connectivity index (χ0n) is 12.0. The van der Waals surface area contributed by atoms with Crippen LogP contribution in [0.1, 0.15) is 12.5 Å². The molecule has 0 heterocycles. The summed E-state index contributed by atoms with van der Waals surface area (Å²) in [6.07, 6.45) is -0.594. The Morgan fingerprint density at radius 2 is 2.10 bits per heavy atom. The fourth-order valence-electron chi connectivity index (χ4n) is 1.73. The lowest BCUT2D eigenvalue weighted by molar-refractivity contribution is -0.141. The van der Waals surface area contributed by atoms with Crippen molar-refractivity contribution in [3.8, 4) is 5.75 Å². The van der Waals surface area contributed by atoms with E-state index < -0.39 is 24.1 Å². The number of carbonyl (C=O) groups excluding carboxylic acids is 1. The summed E-state index contributed by atoms with van der Waals surface area (Å²) in [5.41, 5.74) is 0.986. The van der Waals surface area contributed by atoms with Crippen molar-refractivity contribution < 1.29 is 24.5 Å². The summed E-state index contributed by atoms with van der Waals surface area (Å²) in [6, 6.07) is 5.47. The predicted molar refractivity (Wildman–Crippen MR) is 76.3 cm³/mol. The Labute approximate surface area is 122 Å². The second-order valence-corrected chi connectivity index (χ2v) is 4.56. The van der Waals surface area contributed by atoms with Crippen molar-refractivity contribution >= 4 is 12.0 Å². The molecule has 2 atom stereocenters. The largest absolute Gasteiger partial charge is 0.497 e. The Morgan fingerprint density at radius 1 is 1.38 bits per heavy atom. The fourth-order valence-corrected chi connectivity index (χ4v) is 1.73. The van der Waals surface area contributed by atoms with Gasteiger partial charge in [0.15, 0.2) is 6.04 Å². The fraction of sp³-hybridized carbons (Fsp3) is 0.429. The number of carbonyl (C=O) groups is 2. The maximum atomic E-state index is 11.6. The maximum absolute atomic E-state index is 11.6. The average molecular weight is 296 g/mol. The molecule has 0 aromatic heterocycles. The van der Waals surface area contributed by atoms with Crippen molar-refractivity contribution in [1.82, 2.24) is 10.6 Å². The van der Waals surface area contributed by atoms with Gasteiger partial charge >= 0.3 is 12.0 Å². The molecule has 0 fully saturated rings. The Bertz CT molecular complexity index is 490. The lowest BCUT2D eigenvalue weighted by Crippen LogP contribution is -2.51. The smallest absolute Gasteiger partial charge is 0.328 e. The number of hydrogen-bond acceptors (Lipinski definition) is 4. The van der Waals surface area contributed by atoms with Gasteiger partial charge in [-0.3, -0.25) is 0 Å². The molecule has 1 aromatic carbocycles. The number of benzene rings is 1. The Balaban J connectivity index is 2.41. The number of nitrogens with one attached hydrogen (secondary N) is 2. The highest BCUT2D eigenvalue weighted by Gasteiger charge is 2.24. The number of carboxylic acids is 1. The molecule has 0 bridgehead atoms. The number of ether oxygens (including phenoxy) is 1. The van der Waals surface area contributed by atoms with Crippen LogP contribution in [0.25, 0.3) is 0 Å². The van der Waals surface area contributed by atoms with Gasteiger partial charge in [0.1, 0.15) is 5.75 Å². The molecule has 2 amide bonds. The predicted octanol–water partition coefficient (Wildman–Crippen LogP) is 0.371. The molecule has 7 nitrogen and oxygen atoms in total. The molecule has 0 aliphatic carbocycles. The minimum Gasteiger partial charge on any atom is -0.497 e. The molecule has 116 valence electrons. The van der Waals surface area contributed by atoms with Gasteiger partial charge in [-0.25, -0.2) is 9.59 Å². The van der Waals surface area contributed by atoms with Gasteiger partial charge in [-0.2, -0.15) is 0 Å². The Kier molecular flexibility index (Phi) is 6.48. The molecule has 0 aliphatic rings. The van der Waals surface area contributed by atoms with Gasteiger partial charge in [-0.1, -0.05) is 12.1 Å². The van der Waals surface area contributed by atoms with E-state index in [0.717, 1.165) is 11.3 Å². The van der Waals surface area contributed by atoms with Crippen molar-refractivity contribution in [2.75, 3.05) is 13.7 Å². The minimum absolute atomic E-state index is 0.338. The Morgan fingerprint density at radius 3 is 2.67 bits per heavy atom. The number of hydrogen-bond donors (Lipinski definition) is 4. The van der Waals surface area contributed by atoms with Gasteiger partial charge < -0.3 is 25.6 Å². The maximum Gasteiger partial charge on any atom is 0.328 e. The number of methoxy groups -OCH3 is 1. The van der Waals surface area contributed by atoms with E-state index in [2.05, 4.69) is 10.6 Å². The van der Waals surface area contributed by atoms with Crippen molar-refractivity contribution in [3.63, 3.8) is 0 Å². The molecule has 0 saturated heterocycles. The van der Waals surface area contributed by atoms with Crippen molar-refractivity contribution in [2.45, 2.75) is 25.5 Å². The van der Waals surface area contributed by atoms with E-state index in [1.165, 1.54) is 6.92 Å². The topological polar surface area (TPSA) is 108 Å². The molecular formula is C14H20N2O5. The molecule has 0 saturated carbocycles. The van der Waals surface area contributed by atoms with Crippen molar-refractivity contribution in [3.05, 3.63) is 29.8 Å². The van der Waals surface area contributed by atoms with E-state index >= 15 is 0 Å². The van der Waals surface area contributed by atoms with Gasteiger partial charge in [-0.15, -0.1) is 0 Å². The first-order valence-electron chi connectivity index (χ1n) is 6.52. The lowest BCUT2D eigenvalue weighted by atomic mass is 10.1. The van der Waals surface area contributed by atoms with Crippen LogP contribution in [0.3, 0.4) is 0 Å². The van der Waals surface area contributed by atoms with Gasteiger partial charge in [0.25, 0.3) is 0 Å². The van der Waals surface area contributed by atoms with E-state index in [0.29, 0.717) is 13.0 Å². The van der Waals surface area contributed by atoms with E-state index in [1.807, 2.05) is 24.3 Å². The molecular weight excluding hydrogens is 276 g/mol. The normalized spacial score (nSPS) is 13.1. The van der Waals surface area contributed by atoms with Crippen LogP contribution in [0.5, 0.6) is 5.75 Å². The third kappa shape index (κ3) is 5.70. The molecule has 1 aromatic rings. The number of rotatable bonds is 7. The second kappa shape index (κ2) is 8.11. The summed E-state index contributed by atoms with van der Waals surface area (Å²) in [7, 11) is 1.58. The second-order valence-electron chi connectivity index (χ2n) is 4.56. The van der Waals surface area contributed by atoms with Crippen LogP contribution in [0.2, 0.25) is 0 Å². The van der Waals surface area contributed by atoms with Crippen LogP contribution in [-0.2, 0) is 11.2 Å². The molecule has 7 heteroatoms. The van der Waals surface area contributed by atoms with Crippen LogP contribution in [-0.4, -0.2) is 48.0 Å². The lowest BCUT2D eigenvalue weighted by Gasteiger charge is -2.17. The quantitative estimate of drug-likeness (QED) is 0.581. The zero-order valence-corrected chi connectivity index (χ0v) is 12.0. The van der Waals surface area contributed by atoms with Crippen molar-refractivity contribution in [1.29, 1.82) is 0 Å². The summed E-state index contributed by atoms with van der Waals surface area (Å²) in [4.78, 5) is 22.4. The summed E-state index contributed by atoms with van der Waals surface area (Å²) >= 11 is 0. The van der Waals surface area contributed by atoms with E-state index in [9.17, 15) is 14.7 Å². The number of aliphatic carboxylic acids is 1. The number of amides is 2. The van der Waals surface area contributed by atoms with Crippen LogP contribution < -0.4 is 15.4 Å². The number of aliphatic hydroxyl groups excluding tert-OH is 1. The Hall–Kier alpha value is -2.28. The molecule has 0 spiro atoms. The first-order valence-corrected chi connectivity index (χ1v) is 6.52. The molecule has 4 N–H and O–H groups in total. The average Bonchev–Trinajstić information content (AvgIpc) is 2.44. The van der Waals surface area contributed by atoms with Crippen LogP contribution in [0.15, 0.2) is 24.3 Å². The zero-order chi connectivity index (χ0) is 15.8.